The van der Waals surface area contributed by atoms with E-state index >= 15 is 0 Å². The molecule has 0 aliphatic rings. The average Bonchev–Trinajstić information content (AvgIpc) is 2.35. The van der Waals surface area contributed by atoms with Crippen LogP contribution >= 0.6 is 11.6 Å². The third-order valence-corrected chi connectivity index (χ3v) is 2.65. The van der Waals surface area contributed by atoms with Gasteiger partial charge in [0.1, 0.15) is 5.75 Å². The fraction of sp³-hybridized carbons (Fsp3) is 0.143. The molecule has 1 nitrogen and oxygen atoms in total. The SMILES string of the molecule is COc1ccc2cc(/C=C/CCl)ccc2c1. The van der Waals surface area contributed by atoms with Crippen LogP contribution < -0.4 is 4.74 Å². The Morgan fingerprint density at radius 1 is 1.12 bits per heavy atom. The van der Waals surface area contributed by atoms with Crippen molar-refractivity contribution in [1.29, 1.82) is 0 Å². The van der Waals surface area contributed by atoms with E-state index in [0.717, 1.165) is 5.75 Å². The van der Waals surface area contributed by atoms with Gasteiger partial charge in [0.2, 0.25) is 0 Å². The normalized spacial score (nSPS) is 11.1. The first kappa shape index (κ1) is 11.0. The number of halogens is 1. The summed E-state index contributed by atoms with van der Waals surface area (Å²) in [6.45, 7) is 0. The lowest BCUT2D eigenvalue weighted by Gasteiger charge is -2.03. The summed E-state index contributed by atoms with van der Waals surface area (Å²) in [5.41, 5.74) is 1.17. The molecule has 0 atom stereocenters. The number of ether oxygens (including phenoxy) is 1. The zero-order valence-electron chi connectivity index (χ0n) is 9.11. The van der Waals surface area contributed by atoms with Gasteiger partial charge >= 0.3 is 0 Å². The third kappa shape index (κ3) is 2.37. The number of methoxy groups -OCH3 is 1. The lowest BCUT2D eigenvalue weighted by molar-refractivity contribution is 0.415. The van der Waals surface area contributed by atoms with Crippen molar-refractivity contribution in [2.24, 2.45) is 0 Å². The predicted octanol–water partition coefficient (Wildman–Crippen LogP) is 4.10. The summed E-state index contributed by atoms with van der Waals surface area (Å²) in [7, 11) is 1.68. The zero-order valence-corrected chi connectivity index (χ0v) is 9.87. The monoisotopic (exact) mass is 232 g/mol. The molecule has 0 amide bonds. The maximum atomic E-state index is 5.61. The van der Waals surface area contributed by atoms with E-state index in [-0.39, 0.29) is 0 Å². The summed E-state index contributed by atoms with van der Waals surface area (Å²) >= 11 is 5.61. The van der Waals surface area contributed by atoms with E-state index in [4.69, 9.17) is 16.3 Å². The van der Waals surface area contributed by atoms with Crippen LogP contribution in [0.15, 0.2) is 42.5 Å². The summed E-state index contributed by atoms with van der Waals surface area (Å²) in [6.07, 6.45) is 3.96. The Labute approximate surface area is 100 Å². The van der Waals surface area contributed by atoms with Crippen LogP contribution in [0.25, 0.3) is 16.8 Å². The maximum Gasteiger partial charge on any atom is 0.119 e. The van der Waals surface area contributed by atoms with Crippen LogP contribution in [0.4, 0.5) is 0 Å². The van der Waals surface area contributed by atoms with Crippen molar-refractivity contribution in [3.05, 3.63) is 48.0 Å². The summed E-state index contributed by atoms with van der Waals surface area (Å²) in [5, 5.41) is 2.39. The summed E-state index contributed by atoms with van der Waals surface area (Å²) < 4.78 is 5.19. The molecule has 0 N–H and O–H groups in total. The third-order valence-electron chi connectivity index (χ3n) is 2.47. The number of rotatable bonds is 3. The van der Waals surface area contributed by atoms with E-state index in [0.29, 0.717) is 5.88 Å². The van der Waals surface area contributed by atoms with Gasteiger partial charge in [0.05, 0.1) is 7.11 Å². The van der Waals surface area contributed by atoms with Gasteiger partial charge < -0.3 is 4.74 Å². The fourth-order valence-corrected chi connectivity index (χ4v) is 1.74. The van der Waals surface area contributed by atoms with Crippen molar-refractivity contribution in [1.82, 2.24) is 0 Å². The second kappa shape index (κ2) is 5.04. The molecular weight excluding hydrogens is 220 g/mol. The Balaban J connectivity index is 2.43. The molecule has 0 aliphatic heterocycles. The molecule has 0 aromatic heterocycles. The first-order valence-electron chi connectivity index (χ1n) is 5.14. The lowest BCUT2D eigenvalue weighted by Crippen LogP contribution is -1.82. The van der Waals surface area contributed by atoms with Crippen molar-refractivity contribution in [2.75, 3.05) is 13.0 Å². The quantitative estimate of drug-likeness (QED) is 0.724. The molecule has 0 heterocycles. The van der Waals surface area contributed by atoms with Crippen molar-refractivity contribution in [3.63, 3.8) is 0 Å². The van der Waals surface area contributed by atoms with Crippen LogP contribution in [-0.4, -0.2) is 13.0 Å². The van der Waals surface area contributed by atoms with E-state index in [1.165, 1.54) is 16.3 Å². The van der Waals surface area contributed by atoms with Crippen molar-refractivity contribution in [3.8, 4) is 5.75 Å². The standard InChI is InChI=1S/C14H13ClO/c1-16-14-7-6-12-9-11(3-2-8-15)4-5-13(12)10-14/h2-7,9-10H,8H2,1H3/b3-2+. The second-order valence-corrected chi connectivity index (χ2v) is 3.84. The van der Waals surface area contributed by atoms with E-state index in [9.17, 15) is 0 Å². The molecule has 0 radical (unpaired) electrons. The number of hydrogen-bond donors (Lipinski definition) is 0. The maximum absolute atomic E-state index is 5.61. The van der Waals surface area contributed by atoms with Gasteiger partial charge in [-0.2, -0.15) is 0 Å². The van der Waals surface area contributed by atoms with E-state index in [1.54, 1.807) is 7.11 Å². The number of allylic oxidation sites excluding steroid dienone is 1. The van der Waals surface area contributed by atoms with Crippen LogP contribution in [0, 0.1) is 0 Å². The minimum Gasteiger partial charge on any atom is -0.497 e. The first-order chi connectivity index (χ1) is 7.83. The van der Waals surface area contributed by atoms with Gasteiger partial charge in [-0.3, -0.25) is 0 Å². The number of benzene rings is 2. The van der Waals surface area contributed by atoms with Crippen LogP contribution in [0.5, 0.6) is 5.75 Å². The molecular formula is C14H13ClO. The smallest absolute Gasteiger partial charge is 0.119 e. The first-order valence-corrected chi connectivity index (χ1v) is 5.67. The largest absolute Gasteiger partial charge is 0.497 e. The Morgan fingerprint density at radius 3 is 2.62 bits per heavy atom. The molecule has 16 heavy (non-hydrogen) atoms. The minimum atomic E-state index is 0.542. The van der Waals surface area contributed by atoms with E-state index in [2.05, 4.69) is 24.3 Å². The average molecular weight is 233 g/mol. The molecule has 2 aromatic rings. The Bertz CT molecular complexity index is 517. The molecule has 0 saturated heterocycles. The van der Waals surface area contributed by atoms with Crippen LogP contribution in [0.1, 0.15) is 5.56 Å². The Morgan fingerprint density at radius 2 is 1.88 bits per heavy atom. The zero-order chi connectivity index (χ0) is 11.4. The van der Waals surface area contributed by atoms with Crippen LogP contribution in [0.2, 0.25) is 0 Å². The topological polar surface area (TPSA) is 9.23 Å². The lowest BCUT2D eigenvalue weighted by atomic mass is 10.1. The van der Waals surface area contributed by atoms with Gasteiger partial charge in [-0.05, 0) is 34.5 Å². The predicted molar refractivity (Wildman–Crippen MR) is 70.3 cm³/mol. The van der Waals surface area contributed by atoms with Gasteiger partial charge in [0.25, 0.3) is 0 Å². The summed E-state index contributed by atoms with van der Waals surface area (Å²) in [5.74, 6) is 1.43. The molecule has 2 rings (SSSR count). The molecule has 0 fully saturated rings. The van der Waals surface area contributed by atoms with Crippen LogP contribution in [-0.2, 0) is 0 Å². The van der Waals surface area contributed by atoms with Gasteiger partial charge in [0, 0.05) is 5.88 Å². The molecule has 0 bridgehead atoms. The van der Waals surface area contributed by atoms with Crippen molar-refractivity contribution in [2.45, 2.75) is 0 Å². The molecule has 0 spiro atoms. The highest BCUT2D eigenvalue weighted by Gasteiger charge is 1.96. The van der Waals surface area contributed by atoms with Gasteiger partial charge in [-0.15, -0.1) is 11.6 Å². The molecule has 0 aliphatic carbocycles. The number of alkyl halides is 1. The molecule has 0 unspecified atom stereocenters. The summed E-state index contributed by atoms with van der Waals surface area (Å²) in [6, 6.07) is 12.4. The molecule has 0 saturated carbocycles. The van der Waals surface area contributed by atoms with Crippen molar-refractivity contribution < 1.29 is 4.74 Å². The molecule has 82 valence electrons. The Kier molecular flexibility index (Phi) is 3.47. The highest BCUT2D eigenvalue weighted by atomic mass is 35.5. The molecule has 2 aromatic carbocycles. The fourth-order valence-electron chi connectivity index (χ4n) is 1.65. The van der Waals surface area contributed by atoms with Crippen LogP contribution in [0.3, 0.4) is 0 Å². The number of fused-ring (bicyclic) bond motifs is 1. The van der Waals surface area contributed by atoms with E-state index in [1.807, 2.05) is 24.3 Å². The van der Waals surface area contributed by atoms with Gasteiger partial charge in [0.15, 0.2) is 0 Å². The highest BCUT2D eigenvalue weighted by Crippen LogP contribution is 2.22. The Hall–Kier alpha value is -1.47. The second-order valence-electron chi connectivity index (χ2n) is 3.53. The molecule has 2 heteroatoms. The van der Waals surface area contributed by atoms with Gasteiger partial charge in [-0.25, -0.2) is 0 Å². The minimum absolute atomic E-state index is 0.542. The highest BCUT2D eigenvalue weighted by molar-refractivity contribution is 6.19. The number of hydrogen-bond acceptors (Lipinski definition) is 1. The van der Waals surface area contributed by atoms with Crippen molar-refractivity contribution >= 4 is 28.4 Å². The summed E-state index contributed by atoms with van der Waals surface area (Å²) in [4.78, 5) is 0. The van der Waals surface area contributed by atoms with E-state index < -0.39 is 0 Å². The van der Waals surface area contributed by atoms with Gasteiger partial charge in [-0.1, -0.05) is 30.4 Å².